The molecule has 2 N–H and O–H groups in total. The second-order valence-electron chi connectivity index (χ2n) is 6.59. The number of fused-ring (bicyclic) bond motifs is 1. The predicted molar refractivity (Wildman–Crippen MR) is 82.9 cm³/mol. The molecule has 3 rings (SSSR count). The van der Waals surface area contributed by atoms with E-state index in [2.05, 4.69) is 42.3 Å². The molecule has 0 aromatic heterocycles. The third kappa shape index (κ3) is 2.83. The van der Waals surface area contributed by atoms with Crippen LogP contribution in [-0.4, -0.2) is 47.8 Å². The summed E-state index contributed by atoms with van der Waals surface area (Å²) in [6.07, 6.45) is 0.201. The van der Waals surface area contributed by atoms with Crippen molar-refractivity contribution in [3.05, 3.63) is 29.3 Å². The first kappa shape index (κ1) is 14.2. The Labute approximate surface area is 125 Å². The maximum absolute atomic E-state index is 11.0. The summed E-state index contributed by atoms with van der Waals surface area (Å²) in [6, 6.07) is 6.48. The van der Waals surface area contributed by atoms with Crippen molar-refractivity contribution in [2.75, 3.05) is 31.1 Å². The van der Waals surface area contributed by atoms with Gasteiger partial charge >= 0.3 is 6.09 Å². The molecule has 0 bridgehead atoms. The van der Waals surface area contributed by atoms with Gasteiger partial charge in [0.15, 0.2) is 0 Å². The van der Waals surface area contributed by atoms with Gasteiger partial charge < -0.3 is 20.2 Å². The number of benzene rings is 1. The van der Waals surface area contributed by atoms with Crippen LogP contribution in [0.3, 0.4) is 0 Å². The first-order valence-corrected chi connectivity index (χ1v) is 7.55. The van der Waals surface area contributed by atoms with Gasteiger partial charge in [0.05, 0.1) is 0 Å². The summed E-state index contributed by atoms with van der Waals surface area (Å²) in [5.74, 6) is 0. The lowest BCUT2D eigenvalue weighted by Crippen LogP contribution is -2.49. The van der Waals surface area contributed by atoms with E-state index in [-0.39, 0.29) is 5.54 Å². The number of piperazine rings is 1. The van der Waals surface area contributed by atoms with Crippen molar-refractivity contribution < 1.29 is 9.90 Å². The number of amides is 1. The molecule has 5 nitrogen and oxygen atoms in total. The number of nitrogens with zero attached hydrogens (tertiary/aromatic N) is 2. The van der Waals surface area contributed by atoms with Crippen LogP contribution in [0.15, 0.2) is 18.2 Å². The van der Waals surface area contributed by atoms with Crippen LogP contribution < -0.4 is 10.2 Å². The van der Waals surface area contributed by atoms with Crippen LogP contribution in [0.25, 0.3) is 0 Å². The van der Waals surface area contributed by atoms with Crippen LogP contribution in [0.4, 0.5) is 10.5 Å². The van der Waals surface area contributed by atoms with Gasteiger partial charge in [-0.25, -0.2) is 4.79 Å². The van der Waals surface area contributed by atoms with E-state index in [1.165, 1.54) is 21.7 Å². The standard InChI is InChI=1S/C16H23N3O2/c1-16(2)10-13-12(11-17-16)4-3-5-14(13)18-6-8-19(9-7-18)15(20)21/h3-5,17H,6-11H2,1-2H3,(H,20,21). The Bertz CT molecular complexity index is 548. The highest BCUT2D eigenvalue weighted by Crippen LogP contribution is 2.31. The van der Waals surface area contributed by atoms with Crippen LogP contribution in [-0.2, 0) is 13.0 Å². The topological polar surface area (TPSA) is 55.8 Å². The minimum Gasteiger partial charge on any atom is -0.465 e. The summed E-state index contributed by atoms with van der Waals surface area (Å²) in [6.45, 7) is 8.09. The van der Waals surface area contributed by atoms with E-state index in [0.29, 0.717) is 13.1 Å². The van der Waals surface area contributed by atoms with Gasteiger partial charge in [-0.15, -0.1) is 0 Å². The van der Waals surface area contributed by atoms with Crippen molar-refractivity contribution >= 4 is 11.8 Å². The summed E-state index contributed by atoms with van der Waals surface area (Å²) in [7, 11) is 0. The van der Waals surface area contributed by atoms with Crippen molar-refractivity contribution in [1.82, 2.24) is 10.2 Å². The van der Waals surface area contributed by atoms with Gasteiger partial charge in [-0.05, 0) is 37.5 Å². The third-order valence-corrected chi connectivity index (χ3v) is 4.52. The molecular formula is C16H23N3O2. The molecule has 0 unspecified atom stereocenters. The highest BCUT2D eigenvalue weighted by Gasteiger charge is 2.29. The predicted octanol–water partition coefficient (Wildman–Crippen LogP) is 1.91. The number of anilines is 1. The second-order valence-corrected chi connectivity index (χ2v) is 6.59. The lowest BCUT2D eigenvalue weighted by molar-refractivity contribution is 0.142. The zero-order valence-electron chi connectivity index (χ0n) is 12.7. The van der Waals surface area contributed by atoms with Gasteiger partial charge in [0.25, 0.3) is 0 Å². The Morgan fingerprint density at radius 2 is 1.95 bits per heavy atom. The lowest BCUT2D eigenvalue weighted by Gasteiger charge is -2.39. The molecule has 2 aliphatic heterocycles. The van der Waals surface area contributed by atoms with Crippen molar-refractivity contribution in [3.63, 3.8) is 0 Å². The minimum atomic E-state index is -0.810. The molecule has 1 aromatic rings. The first-order valence-electron chi connectivity index (χ1n) is 7.55. The maximum Gasteiger partial charge on any atom is 0.407 e. The molecule has 1 fully saturated rings. The van der Waals surface area contributed by atoms with E-state index in [0.717, 1.165) is 26.1 Å². The highest BCUT2D eigenvalue weighted by atomic mass is 16.4. The van der Waals surface area contributed by atoms with Gasteiger partial charge in [-0.3, -0.25) is 0 Å². The molecule has 5 heteroatoms. The Hall–Kier alpha value is -1.75. The fraction of sp³-hybridized carbons (Fsp3) is 0.562. The summed E-state index contributed by atoms with van der Waals surface area (Å²) >= 11 is 0. The molecule has 0 aliphatic carbocycles. The summed E-state index contributed by atoms with van der Waals surface area (Å²) < 4.78 is 0. The van der Waals surface area contributed by atoms with E-state index < -0.39 is 6.09 Å². The molecule has 2 aliphatic rings. The Kier molecular flexibility index (Phi) is 3.53. The lowest BCUT2D eigenvalue weighted by atomic mass is 9.86. The fourth-order valence-corrected chi connectivity index (χ4v) is 3.26. The Morgan fingerprint density at radius 3 is 2.62 bits per heavy atom. The van der Waals surface area contributed by atoms with Crippen molar-refractivity contribution in [3.8, 4) is 0 Å². The first-order chi connectivity index (χ1) is 9.96. The molecule has 0 saturated carbocycles. The fourth-order valence-electron chi connectivity index (χ4n) is 3.26. The highest BCUT2D eigenvalue weighted by molar-refractivity contribution is 5.66. The summed E-state index contributed by atoms with van der Waals surface area (Å²) in [5, 5.41) is 12.6. The second kappa shape index (κ2) is 5.22. The smallest absolute Gasteiger partial charge is 0.407 e. The summed E-state index contributed by atoms with van der Waals surface area (Å²) in [4.78, 5) is 14.8. The van der Waals surface area contributed by atoms with Gasteiger partial charge in [-0.2, -0.15) is 0 Å². The molecule has 1 amide bonds. The third-order valence-electron chi connectivity index (χ3n) is 4.52. The normalized spacial score (nSPS) is 21.0. The average molecular weight is 289 g/mol. The van der Waals surface area contributed by atoms with Gasteiger partial charge in [0, 0.05) is 44.0 Å². The van der Waals surface area contributed by atoms with Gasteiger partial charge in [0.1, 0.15) is 0 Å². The van der Waals surface area contributed by atoms with Crippen LogP contribution >= 0.6 is 0 Å². The van der Waals surface area contributed by atoms with Crippen LogP contribution in [0.1, 0.15) is 25.0 Å². The van der Waals surface area contributed by atoms with Crippen molar-refractivity contribution in [2.45, 2.75) is 32.4 Å². The van der Waals surface area contributed by atoms with Crippen LogP contribution in [0.2, 0.25) is 0 Å². The molecular weight excluding hydrogens is 266 g/mol. The van der Waals surface area contributed by atoms with E-state index in [1.54, 1.807) is 0 Å². The number of nitrogens with one attached hydrogen (secondary N) is 1. The number of rotatable bonds is 1. The number of hydrogen-bond donors (Lipinski definition) is 2. The molecule has 114 valence electrons. The van der Waals surface area contributed by atoms with Gasteiger partial charge in [-0.1, -0.05) is 12.1 Å². The Morgan fingerprint density at radius 1 is 1.24 bits per heavy atom. The van der Waals surface area contributed by atoms with E-state index >= 15 is 0 Å². The molecule has 1 aromatic carbocycles. The minimum absolute atomic E-state index is 0.117. The van der Waals surface area contributed by atoms with Crippen LogP contribution in [0, 0.1) is 0 Å². The molecule has 21 heavy (non-hydrogen) atoms. The quantitative estimate of drug-likeness (QED) is 0.829. The molecule has 0 spiro atoms. The zero-order valence-corrected chi connectivity index (χ0v) is 12.7. The van der Waals surface area contributed by atoms with Crippen molar-refractivity contribution in [2.24, 2.45) is 0 Å². The SMILES string of the molecule is CC1(C)Cc2c(cccc2N2CCN(C(=O)O)CC2)CN1. The molecule has 0 radical (unpaired) electrons. The monoisotopic (exact) mass is 289 g/mol. The number of carbonyl (C=O) groups is 1. The van der Waals surface area contributed by atoms with Gasteiger partial charge in [0.2, 0.25) is 0 Å². The number of hydrogen-bond acceptors (Lipinski definition) is 3. The zero-order chi connectivity index (χ0) is 15.0. The number of carboxylic acid groups (broad SMARTS) is 1. The van der Waals surface area contributed by atoms with E-state index in [4.69, 9.17) is 5.11 Å². The summed E-state index contributed by atoms with van der Waals surface area (Å²) in [5.41, 5.74) is 4.19. The Balaban J connectivity index is 1.83. The van der Waals surface area contributed by atoms with Crippen molar-refractivity contribution in [1.29, 1.82) is 0 Å². The van der Waals surface area contributed by atoms with E-state index in [1.807, 2.05) is 0 Å². The molecule has 2 heterocycles. The van der Waals surface area contributed by atoms with Crippen LogP contribution in [0.5, 0.6) is 0 Å². The van der Waals surface area contributed by atoms with E-state index in [9.17, 15) is 4.79 Å². The largest absolute Gasteiger partial charge is 0.465 e. The molecule has 1 saturated heterocycles. The molecule has 0 atom stereocenters. The maximum atomic E-state index is 11.0. The average Bonchev–Trinajstić information content (AvgIpc) is 2.46.